The van der Waals surface area contributed by atoms with Crippen molar-refractivity contribution in [2.45, 2.75) is 13.8 Å². The lowest BCUT2D eigenvalue weighted by Gasteiger charge is -2.25. The molecule has 2 aromatic rings. The Labute approximate surface area is 142 Å². The fraction of sp³-hybridized carbons (Fsp3) is 0.316. The molecule has 0 heterocycles. The molecule has 0 saturated heterocycles. The van der Waals surface area contributed by atoms with Crippen molar-refractivity contribution >= 4 is 17.2 Å². The van der Waals surface area contributed by atoms with Gasteiger partial charge in [-0.3, -0.25) is 4.79 Å². The molecule has 2 rings (SSSR count). The molecule has 5 nitrogen and oxygen atoms in total. The van der Waals surface area contributed by atoms with E-state index in [4.69, 9.17) is 0 Å². The van der Waals surface area contributed by atoms with Crippen molar-refractivity contribution in [1.82, 2.24) is 0 Å². The van der Waals surface area contributed by atoms with Gasteiger partial charge >= 0.3 is 0 Å². The van der Waals surface area contributed by atoms with Crippen LogP contribution in [0.5, 0.6) is 11.5 Å². The molecular formula is C19H24N2O3. The second-order valence-electron chi connectivity index (χ2n) is 5.77. The predicted octanol–water partition coefficient (Wildman–Crippen LogP) is 3.24. The molecule has 5 heteroatoms. The highest BCUT2D eigenvalue weighted by Gasteiger charge is 2.23. The third-order valence-corrected chi connectivity index (χ3v) is 4.07. The third-order valence-electron chi connectivity index (χ3n) is 4.07. The lowest BCUT2D eigenvalue weighted by Crippen LogP contribution is -2.23. The summed E-state index contributed by atoms with van der Waals surface area (Å²) >= 11 is 0. The van der Waals surface area contributed by atoms with E-state index in [9.17, 15) is 15.0 Å². The summed E-state index contributed by atoms with van der Waals surface area (Å²) in [6.45, 7) is 5.68. The molecule has 24 heavy (non-hydrogen) atoms. The number of aromatic hydroxyl groups is 2. The average molecular weight is 328 g/mol. The summed E-state index contributed by atoms with van der Waals surface area (Å²) in [5.74, 6) is -0.587. The number of rotatable bonds is 6. The van der Waals surface area contributed by atoms with Gasteiger partial charge in [-0.05, 0) is 32.0 Å². The zero-order chi connectivity index (χ0) is 17.9. The summed E-state index contributed by atoms with van der Waals surface area (Å²) in [7, 11) is 3.64. The molecule has 0 radical (unpaired) electrons. The minimum atomic E-state index is -0.402. The van der Waals surface area contributed by atoms with E-state index in [0.717, 1.165) is 18.8 Å². The van der Waals surface area contributed by atoms with Gasteiger partial charge in [0.15, 0.2) is 0 Å². The van der Waals surface area contributed by atoms with E-state index < -0.39 is 5.78 Å². The van der Waals surface area contributed by atoms with E-state index in [2.05, 4.69) is 4.90 Å². The largest absolute Gasteiger partial charge is 0.507 e. The number of benzene rings is 2. The van der Waals surface area contributed by atoms with Gasteiger partial charge in [-0.15, -0.1) is 0 Å². The second-order valence-corrected chi connectivity index (χ2v) is 5.77. The van der Waals surface area contributed by atoms with E-state index >= 15 is 0 Å². The molecule has 2 N–H and O–H groups in total. The van der Waals surface area contributed by atoms with Gasteiger partial charge in [0.2, 0.25) is 5.78 Å². The molecule has 0 aliphatic heterocycles. The zero-order valence-electron chi connectivity index (χ0n) is 14.6. The van der Waals surface area contributed by atoms with Crippen molar-refractivity contribution < 1.29 is 15.0 Å². The van der Waals surface area contributed by atoms with Gasteiger partial charge in [0, 0.05) is 38.9 Å². The zero-order valence-corrected chi connectivity index (χ0v) is 14.6. The maximum atomic E-state index is 12.9. The van der Waals surface area contributed by atoms with Crippen LogP contribution in [0.2, 0.25) is 0 Å². The van der Waals surface area contributed by atoms with Crippen LogP contribution in [0.15, 0.2) is 36.4 Å². The van der Waals surface area contributed by atoms with E-state index in [1.54, 1.807) is 29.2 Å². The topological polar surface area (TPSA) is 64.0 Å². The third kappa shape index (κ3) is 3.30. The SMILES string of the molecule is CCN(CC)c1cc(O)c(C(=O)c2ccccc2O)c(N(C)C)c1. The van der Waals surface area contributed by atoms with Gasteiger partial charge in [-0.2, -0.15) is 0 Å². The van der Waals surface area contributed by atoms with E-state index in [-0.39, 0.29) is 22.6 Å². The van der Waals surface area contributed by atoms with Gasteiger partial charge in [-0.1, -0.05) is 12.1 Å². The molecule has 0 saturated carbocycles. The number of nitrogens with zero attached hydrogens (tertiary/aromatic N) is 2. The van der Waals surface area contributed by atoms with Crippen LogP contribution in [0.3, 0.4) is 0 Å². The van der Waals surface area contributed by atoms with Crippen molar-refractivity contribution in [2.24, 2.45) is 0 Å². The molecule has 2 aromatic carbocycles. The number of carbonyl (C=O) groups is 1. The minimum Gasteiger partial charge on any atom is -0.507 e. The summed E-state index contributed by atoms with van der Waals surface area (Å²) < 4.78 is 0. The molecule has 0 bridgehead atoms. The Morgan fingerprint density at radius 1 is 1.00 bits per heavy atom. The van der Waals surface area contributed by atoms with Crippen molar-refractivity contribution in [3.8, 4) is 11.5 Å². The fourth-order valence-corrected chi connectivity index (χ4v) is 2.75. The van der Waals surface area contributed by atoms with Gasteiger partial charge in [-0.25, -0.2) is 0 Å². The molecule has 128 valence electrons. The first-order chi connectivity index (χ1) is 11.4. The van der Waals surface area contributed by atoms with Gasteiger partial charge in [0.05, 0.1) is 16.8 Å². The summed E-state index contributed by atoms with van der Waals surface area (Å²) in [6.07, 6.45) is 0. The first kappa shape index (κ1) is 17.7. The lowest BCUT2D eigenvalue weighted by molar-refractivity contribution is 0.103. The summed E-state index contributed by atoms with van der Waals surface area (Å²) in [5, 5.41) is 20.5. The first-order valence-electron chi connectivity index (χ1n) is 8.02. The Balaban J connectivity index is 2.62. The van der Waals surface area contributed by atoms with Gasteiger partial charge in [0.25, 0.3) is 0 Å². The van der Waals surface area contributed by atoms with Crippen LogP contribution in [-0.4, -0.2) is 43.2 Å². The second kappa shape index (κ2) is 7.25. The summed E-state index contributed by atoms with van der Waals surface area (Å²) in [4.78, 5) is 16.8. The van der Waals surface area contributed by atoms with Crippen LogP contribution < -0.4 is 9.80 Å². The van der Waals surface area contributed by atoms with Crippen LogP contribution in [0.25, 0.3) is 0 Å². The Morgan fingerprint density at radius 3 is 2.17 bits per heavy atom. The normalized spacial score (nSPS) is 10.5. The van der Waals surface area contributed by atoms with Crippen LogP contribution in [-0.2, 0) is 0 Å². The Bertz CT molecular complexity index is 737. The molecule has 0 fully saturated rings. The van der Waals surface area contributed by atoms with Gasteiger partial charge in [0.1, 0.15) is 11.5 Å². The predicted molar refractivity (Wildman–Crippen MR) is 97.5 cm³/mol. The van der Waals surface area contributed by atoms with E-state index in [1.807, 2.05) is 34.0 Å². The van der Waals surface area contributed by atoms with Crippen molar-refractivity contribution in [1.29, 1.82) is 0 Å². The van der Waals surface area contributed by atoms with Crippen LogP contribution >= 0.6 is 0 Å². The highest BCUT2D eigenvalue weighted by Crippen LogP contribution is 2.36. The molecule has 0 aliphatic carbocycles. The average Bonchev–Trinajstić information content (AvgIpc) is 2.55. The standard InChI is InChI=1S/C19H24N2O3/c1-5-21(6-2)13-11-15(20(3)4)18(17(23)12-13)19(24)14-9-7-8-10-16(14)22/h7-12,22-23H,5-6H2,1-4H3. The number of hydrogen-bond acceptors (Lipinski definition) is 5. The van der Waals surface area contributed by atoms with Crippen LogP contribution in [0, 0.1) is 0 Å². The number of hydrogen-bond donors (Lipinski definition) is 2. The molecule has 0 amide bonds. The van der Waals surface area contributed by atoms with Crippen molar-refractivity contribution in [3.05, 3.63) is 47.5 Å². The summed E-state index contributed by atoms with van der Waals surface area (Å²) in [5.41, 5.74) is 1.84. The lowest BCUT2D eigenvalue weighted by atomic mass is 9.98. The number of ketones is 1. The van der Waals surface area contributed by atoms with Crippen molar-refractivity contribution in [3.63, 3.8) is 0 Å². The fourth-order valence-electron chi connectivity index (χ4n) is 2.75. The molecule has 0 aromatic heterocycles. The van der Waals surface area contributed by atoms with Gasteiger partial charge < -0.3 is 20.0 Å². The first-order valence-corrected chi connectivity index (χ1v) is 8.02. The molecular weight excluding hydrogens is 304 g/mol. The summed E-state index contributed by atoms with van der Waals surface area (Å²) in [6, 6.07) is 9.85. The Kier molecular flexibility index (Phi) is 5.34. The molecule has 0 spiro atoms. The number of para-hydroxylation sites is 1. The molecule has 0 atom stereocenters. The maximum Gasteiger partial charge on any atom is 0.202 e. The highest BCUT2D eigenvalue weighted by molar-refractivity contribution is 6.15. The smallest absolute Gasteiger partial charge is 0.202 e. The molecule has 0 unspecified atom stereocenters. The Morgan fingerprint density at radius 2 is 1.62 bits per heavy atom. The number of anilines is 2. The maximum absolute atomic E-state index is 12.9. The highest BCUT2D eigenvalue weighted by atomic mass is 16.3. The monoisotopic (exact) mass is 328 g/mol. The van der Waals surface area contributed by atoms with E-state index in [1.165, 1.54) is 6.07 Å². The van der Waals surface area contributed by atoms with Crippen molar-refractivity contribution in [2.75, 3.05) is 37.0 Å². The minimum absolute atomic E-state index is 0.0867. The number of phenols is 2. The van der Waals surface area contributed by atoms with E-state index in [0.29, 0.717) is 5.69 Å². The van der Waals surface area contributed by atoms with Crippen LogP contribution in [0.4, 0.5) is 11.4 Å². The molecule has 0 aliphatic rings. The number of phenolic OH excluding ortho intramolecular Hbond substituents is 2. The number of carbonyl (C=O) groups excluding carboxylic acids is 1. The van der Waals surface area contributed by atoms with Crippen LogP contribution in [0.1, 0.15) is 29.8 Å². The quantitative estimate of drug-likeness (QED) is 0.797. The Hall–Kier alpha value is -2.69.